The van der Waals surface area contributed by atoms with Crippen molar-refractivity contribution in [1.82, 2.24) is 10.2 Å². The lowest BCUT2D eigenvalue weighted by Gasteiger charge is -2.24. The van der Waals surface area contributed by atoms with E-state index in [-0.39, 0.29) is 11.8 Å². The normalized spacial score (nSPS) is 15.4. The molecule has 32 heavy (non-hydrogen) atoms. The van der Waals surface area contributed by atoms with Gasteiger partial charge in [0.25, 0.3) is 0 Å². The van der Waals surface area contributed by atoms with E-state index in [0.717, 1.165) is 28.9 Å². The Kier molecular flexibility index (Phi) is 7.18. The predicted octanol–water partition coefficient (Wildman–Crippen LogP) is 4.12. The van der Waals surface area contributed by atoms with E-state index in [4.69, 9.17) is 4.74 Å². The summed E-state index contributed by atoms with van der Waals surface area (Å²) in [6, 6.07) is 27.0. The molecule has 0 aromatic heterocycles. The molecule has 1 saturated heterocycles. The zero-order valence-corrected chi connectivity index (χ0v) is 18.1. The molecule has 2 amide bonds. The molecule has 0 bridgehead atoms. The summed E-state index contributed by atoms with van der Waals surface area (Å²) in [4.78, 5) is 27.3. The zero-order chi connectivity index (χ0) is 22.2. The Labute approximate surface area is 189 Å². The van der Waals surface area contributed by atoms with Crippen molar-refractivity contribution in [2.75, 3.05) is 6.54 Å². The van der Waals surface area contributed by atoms with Crippen LogP contribution in [-0.4, -0.2) is 29.3 Å². The van der Waals surface area contributed by atoms with E-state index in [1.54, 1.807) is 4.90 Å². The Morgan fingerprint density at radius 3 is 2.34 bits per heavy atom. The maximum absolute atomic E-state index is 12.9. The van der Waals surface area contributed by atoms with Gasteiger partial charge in [0.2, 0.25) is 11.8 Å². The molecule has 1 unspecified atom stereocenters. The summed E-state index contributed by atoms with van der Waals surface area (Å²) in [5, 5.41) is 3.02. The van der Waals surface area contributed by atoms with Crippen molar-refractivity contribution in [3.05, 3.63) is 102 Å². The average molecular weight is 429 g/mol. The van der Waals surface area contributed by atoms with Crippen molar-refractivity contribution in [2.24, 2.45) is 0 Å². The fourth-order valence-electron chi connectivity index (χ4n) is 4.03. The van der Waals surface area contributed by atoms with Gasteiger partial charge < -0.3 is 15.0 Å². The van der Waals surface area contributed by atoms with E-state index in [9.17, 15) is 9.59 Å². The Morgan fingerprint density at radius 2 is 1.56 bits per heavy atom. The SMILES string of the molecule is O=C(NCc1cccc(COc2ccccc2)c1)C1CCCN1C(=O)Cc1ccccc1. The lowest BCUT2D eigenvalue weighted by Crippen LogP contribution is -2.46. The van der Waals surface area contributed by atoms with Crippen molar-refractivity contribution in [2.45, 2.75) is 38.5 Å². The second-order valence-electron chi connectivity index (χ2n) is 8.05. The van der Waals surface area contributed by atoms with Crippen LogP contribution in [0.3, 0.4) is 0 Å². The van der Waals surface area contributed by atoms with Crippen LogP contribution in [-0.2, 0) is 29.2 Å². The van der Waals surface area contributed by atoms with Crippen LogP contribution in [0.1, 0.15) is 29.5 Å². The molecule has 1 atom stereocenters. The van der Waals surface area contributed by atoms with Crippen LogP contribution in [0.4, 0.5) is 0 Å². The summed E-state index contributed by atoms with van der Waals surface area (Å²) < 4.78 is 5.81. The van der Waals surface area contributed by atoms with Gasteiger partial charge >= 0.3 is 0 Å². The molecule has 1 heterocycles. The van der Waals surface area contributed by atoms with Gasteiger partial charge in [-0.2, -0.15) is 0 Å². The van der Waals surface area contributed by atoms with Crippen LogP contribution in [0.15, 0.2) is 84.9 Å². The highest BCUT2D eigenvalue weighted by Crippen LogP contribution is 2.19. The molecule has 5 heteroatoms. The molecule has 1 aliphatic heterocycles. The largest absolute Gasteiger partial charge is 0.489 e. The molecule has 0 radical (unpaired) electrons. The third kappa shape index (κ3) is 5.76. The summed E-state index contributed by atoms with van der Waals surface area (Å²) in [5.41, 5.74) is 3.02. The fourth-order valence-corrected chi connectivity index (χ4v) is 4.03. The third-order valence-corrected chi connectivity index (χ3v) is 5.68. The summed E-state index contributed by atoms with van der Waals surface area (Å²) in [6.07, 6.45) is 1.89. The van der Waals surface area contributed by atoms with E-state index >= 15 is 0 Å². The van der Waals surface area contributed by atoms with Gasteiger partial charge in [-0.15, -0.1) is 0 Å². The Balaban J connectivity index is 1.30. The first kappa shape index (κ1) is 21.6. The van der Waals surface area contributed by atoms with Crippen molar-refractivity contribution in [1.29, 1.82) is 0 Å². The minimum Gasteiger partial charge on any atom is -0.489 e. The van der Waals surface area contributed by atoms with Crippen molar-refractivity contribution >= 4 is 11.8 Å². The number of hydrogen-bond acceptors (Lipinski definition) is 3. The van der Waals surface area contributed by atoms with Crippen LogP contribution in [0.2, 0.25) is 0 Å². The zero-order valence-electron chi connectivity index (χ0n) is 18.1. The van der Waals surface area contributed by atoms with Crippen molar-refractivity contribution < 1.29 is 14.3 Å². The average Bonchev–Trinajstić information content (AvgIpc) is 3.33. The minimum atomic E-state index is -0.393. The first-order valence-electron chi connectivity index (χ1n) is 11.1. The molecule has 1 aliphatic rings. The Hall–Kier alpha value is -3.60. The lowest BCUT2D eigenvalue weighted by atomic mass is 10.1. The maximum Gasteiger partial charge on any atom is 0.243 e. The number of rotatable bonds is 8. The van der Waals surface area contributed by atoms with Gasteiger partial charge in [0.05, 0.1) is 6.42 Å². The van der Waals surface area contributed by atoms with Crippen molar-refractivity contribution in [3.63, 3.8) is 0 Å². The highest BCUT2D eigenvalue weighted by atomic mass is 16.5. The highest BCUT2D eigenvalue weighted by Gasteiger charge is 2.33. The Morgan fingerprint density at radius 1 is 0.875 bits per heavy atom. The molecule has 5 nitrogen and oxygen atoms in total. The third-order valence-electron chi connectivity index (χ3n) is 5.68. The second kappa shape index (κ2) is 10.6. The standard InChI is InChI=1S/C27H28N2O3/c30-26(18-21-9-3-1-4-10-21)29-16-8-15-25(29)27(31)28-19-22-11-7-12-23(17-22)20-32-24-13-5-2-6-14-24/h1-7,9-14,17,25H,8,15-16,18-20H2,(H,28,31). The fraction of sp³-hybridized carbons (Fsp3) is 0.259. The van der Waals surface area contributed by atoms with Gasteiger partial charge in [-0.3, -0.25) is 9.59 Å². The van der Waals surface area contributed by atoms with Crippen LogP contribution < -0.4 is 10.1 Å². The van der Waals surface area contributed by atoms with Crippen LogP contribution in [0.25, 0.3) is 0 Å². The van der Waals surface area contributed by atoms with Gasteiger partial charge in [0, 0.05) is 13.1 Å². The molecule has 0 spiro atoms. The molecule has 0 saturated carbocycles. The second-order valence-corrected chi connectivity index (χ2v) is 8.05. The number of likely N-dealkylation sites (tertiary alicyclic amines) is 1. The van der Waals surface area contributed by atoms with Gasteiger partial charge in [-0.25, -0.2) is 0 Å². The number of carbonyl (C=O) groups is 2. The number of ether oxygens (including phenoxy) is 1. The first-order valence-corrected chi connectivity index (χ1v) is 11.1. The summed E-state index contributed by atoms with van der Waals surface area (Å²) in [6.45, 7) is 1.53. The maximum atomic E-state index is 12.9. The van der Waals surface area contributed by atoms with Crippen LogP contribution in [0, 0.1) is 0 Å². The van der Waals surface area contributed by atoms with E-state index in [0.29, 0.717) is 32.5 Å². The molecule has 0 aliphatic carbocycles. The lowest BCUT2D eigenvalue weighted by molar-refractivity contribution is -0.138. The van der Waals surface area contributed by atoms with E-state index in [2.05, 4.69) is 5.32 Å². The molecule has 1 fully saturated rings. The van der Waals surface area contributed by atoms with Crippen LogP contribution >= 0.6 is 0 Å². The van der Waals surface area contributed by atoms with Gasteiger partial charge in [-0.1, -0.05) is 72.8 Å². The van der Waals surface area contributed by atoms with E-state index in [1.165, 1.54) is 0 Å². The number of para-hydroxylation sites is 1. The number of nitrogens with one attached hydrogen (secondary N) is 1. The predicted molar refractivity (Wildman–Crippen MR) is 124 cm³/mol. The number of benzene rings is 3. The van der Waals surface area contributed by atoms with E-state index in [1.807, 2.05) is 84.9 Å². The highest BCUT2D eigenvalue weighted by molar-refractivity contribution is 5.89. The van der Waals surface area contributed by atoms with Gasteiger partial charge in [0.1, 0.15) is 18.4 Å². The number of nitrogens with zero attached hydrogens (tertiary/aromatic N) is 1. The monoisotopic (exact) mass is 428 g/mol. The van der Waals surface area contributed by atoms with Crippen molar-refractivity contribution in [3.8, 4) is 5.75 Å². The minimum absolute atomic E-state index is 0.00825. The van der Waals surface area contributed by atoms with Crippen LogP contribution in [0.5, 0.6) is 5.75 Å². The van der Waals surface area contributed by atoms with E-state index < -0.39 is 6.04 Å². The molecule has 3 aromatic carbocycles. The smallest absolute Gasteiger partial charge is 0.243 e. The Bertz CT molecular complexity index is 1040. The molecular weight excluding hydrogens is 400 g/mol. The molecule has 1 N–H and O–H groups in total. The number of hydrogen-bond donors (Lipinski definition) is 1. The molecular formula is C27H28N2O3. The first-order chi connectivity index (χ1) is 15.7. The van der Waals surface area contributed by atoms with Gasteiger partial charge in [0.15, 0.2) is 0 Å². The molecule has 3 aromatic rings. The van der Waals surface area contributed by atoms with Gasteiger partial charge in [-0.05, 0) is 41.7 Å². The molecule has 164 valence electrons. The summed E-state index contributed by atoms with van der Waals surface area (Å²) in [7, 11) is 0. The summed E-state index contributed by atoms with van der Waals surface area (Å²) >= 11 is 0. The number of carbonyl (C=O) groups excluding carboxylic acids is 2. The number of amides is 2. The summed E-state index contributed by atoms with van der Waals surface area (Å²) in [5.74, 6) is 0.747. The quantitative estimate of drug-likeness (QED) is 0.587. The topological polar surface area (TPSA) is 58.6 Å². The molecule has 4 rings (SSSR count).